The first-order valence-corrected chi connectivity index (χ1v) is 6.05. The van der Waals surface area contributed by atoms with Crippen LogP contribution in [0.3, 0.4) is 0 Å². The number of azide groups is 1. The van der Waals surface area contributed by atoms with Crippen LogP contribution < -0.4 is 4.74 Å². The molecule has 0 saturated heterocycles. The molecule has 10 heteroatoms. The van der Waals surface area contributed by atoms with Crippen LogP contribution in [0.4, 0.5) is 5.69 Å². The number of nitrogens with zero attached hydrogens (tertiary/aromatic N) is 7. The molecule has 8 nitrogen and oxygen atoms in total. The smallest absolute Gasteiger partial charge is 0.198 e. The highest BCUT2D eigenvalue weighted by Gasteiger charge is 2.17. The molecule has 0 radical (unpaired) electrons. The minimum absolute atomic E-state index is 0.154. The van der Waals surface area contributed by atoms with Gasteiger partial charge in [0, 0.05) is 16.4 Å². The Morgan fingerprint density at radius 1 is 1.40 bits per heavy atom. The van der Waals surface area contributed by atoms with Crippen molar-refractivity contribution in [2.45, 2.75) is 0 Å². The lowest BCUT2D eigenvalue weighted by Gasteiger charge is -2.09. The summed E-state index contributed by atoms with van der Waals surface area (Å²) in [4.78, 5) is 2.77. The molecule has 3 rings (SSSR count). The minimum Gasteiger partial charge on any atom is -0.495 e. The zero-order valence-electron chi connectivity index (χ0n) is 9.95. The van der Waals surface area contributed by atoms with Crippen LogP contribution in [-0.4, -0.2) is 27.2 Å². The lowest BCUT2D eigenvalue weighted by atomic mass is 10.1. The Hall–Kier alpha value is -2.28. The van der Waals surface area contributed by atoms with Crippen molar-refractivity contribution in [1.82, 2.24) is 20.0 Å². The highest BCUT2D eigenvalue weighted by atomic mass is 35.5. The summed E-state index contributed by atoms with van der Waals surface area (Å²) >= 11 is 12.3. The van der Waals surface area contributed by atoms with Gasteiger partial charge in [0.1, 0.15) is 5.75 Å². The van der Waals surface area contributed by atoms with Crippen LogP contribution in [-0.2, 0) is 0 Å². The predicted octanol–water partition coefficient (Wildman–Crippen LogP) is 3.53. The third-order valence-corrected chi connectivity index (χ3v) is 3.42. The Kier molecular flexibility index (Phi) is 2.98. The summed E-state index contributed by atoms with van der Waals surface area (Å²) in [5.41, 5.74) is 9.75. The third kappa shape index (κ3) is 1.70. The molecule has 0 bridgehead atoms. The number of aromatic nitrogens is 4. The quantitative estimate of drug-likeness (QED) is 0.410. The van der Waals surface area contributed by atoms with E-state index in [1.54, 1.807) is 12.1 Å². The van der Waals surface area contributed by atoms with Crippen molar-refractivity contribution in [3.63, 3.8) is 0 Å². The Bertz CT molecular complexity index is 884. The van der Waals surface area contributed by atoms with Crippen molar-refractivity contribution in [2.75, 3.05) is 7.11 Å². The summed E-state index contributed by atoms with van der Waals surface area (Å²) < 4.78 is 6.58. The van der Waals surface area contributed by atoms with Gasteiger partial charge in [0.05, 0.1) is 28.4 Å². The Labute approximate surface area is 121 Å². The topological polar surface area (TPSA) is 101 Å². The number of hydrogen-bond donors (Lipinski definition) is 0. The zero-order chi connectivity index (χ0) is 14.3. The fourth-order valence-corrected chi connectivity index (χ4v) is 2.42. The molecule has 0 spiro atoms. The van der Waals surface area contributed by atoms with Gasteiger partial charge in [0.2, 0.25) is 0 Å². The normalized spacial score (nSPS) is 10.8. The van der Waals surface area contributed by atoms with Crippen LogP contribution in [0.15, 0.2) is 17.2 Å². The van der Waals surface area contributed by atoms with Gasteiger partial charge in [-0.3, -0.25) is 0 Å². The number of benzene rings is 1. The number of rotatable bonds is 2. The second-order valence-corrected chi connectivity index (χ2v) is 4.56. The second kappa shape index (κ2) is 4.68. The lowest BCUT2D eigenvalue weighted by molar-refractivity contribution is 0.415. The second-order valence-electron chi connectivity index (χ2n) is 3.77. The molecule has 2 aromatic heterocycles. The van der Waals surface area contributed by atoms with E-state index in [0.29, 0.717) is 21.7 Å². The largest absolute Gasteiger partial charge is 0.495 e. The summed E-state index contributed by atoms with van der Waals surface area (Å²) in [6.45, 7) is 0. The van der Waals surface area contributed by atoms with Crippen LogP contribution in [0.5, 0.6) is 5.75 Å². The Balaban J connectivity index is 2.60. The highest BCUT2D eigenvalue weighted by Crippen LogP contribution is 2.40. The van der Waals surface area contributed by atoms with Crippen molar-refractivity contribution in [3.8, 4) is 5.75 Å². The van der Waals surface area contributed by atoms with Crippen LogP contribution in [0.25, 0.3) is 27.0 Å². The first kappa shape index (κ1) is 12.7. The summed E-state index contributed by atoms with van der Waals surface area (Å²) in [7, 11) is 1.49. The van der Waals surface area contributed by atoms with Crippen molar-refractivity contribution in [2.24, 2.45) is 5.11 Å². The maximum absolute atomic E-state index is 8.68. The zero-order valence-corrected chi connectivity index (χ0v) is 11.5. The Morgan fingerprint density at radius 3 is 2.90 bits per heavy atom. The van der Waals surface area contributed by atoms with Crippen LogP contribution >= 0.6 is 23.2 Å². The van der Waals surface area contributed by atoms with Gasteiger partial charge < -0.3 is 4.74 Å². The minimum atomic E-state index is 0.154. The summed E-state index contributed by atoms with van der Waals surface area (Å²) in [5, 5.41) is 15.9. The maximum atomic E-state index is 8.68. The molecule has 0 fully saturated rings. The first-order chi connectivity index (χ1) is 9.67. The number of methoxy groups -OCH3 is 1. The molecular weight excluding hydrogens is 305 g/mol. The van der Waals surface area contributed by atoms with E-state index in [4.69, 9.17) is 33.5 Å². The number of ether oxygens (including phenoxy) is 1. The Morgan fingerprint density at radius 2 is 2.20 bits per heavy atom. The van der Waals surface area contributed by atoms with Crippen LogP contribution in [0, 0.1) is 0 Å². The third-order valence-electron chi connectivity index (χ3n) is 2.77. The van der Waals surface area contributed by atoms with E-state index in [1.165, 1.54) is 11.6 Å². The van der Waals surface area contributed by atoms with Crippen molar-refractivity contribution >= 4 is 45.4 Å². The van der Waals surface area contributed by atoms with E-state index in [2.05, 4.69) is 25.6 Å². The first-order valence-electron chi connectivity index (χ1n) is 5.29. The number of fused-ring (bicyclic) bond motifs is 3. The fraction of sp³-hybridized carbons (Fsp3) is 0.100. The van der Waals surface area contributed by atoms with Gasteiger partial charge in [-0.2, -0.15) is 4.52 Å². The predicted molar refractivity (Wildman–Crippen MR) is 73.7 cm³/mol. The highest BCUT2D eigenvalue weighted by molar-refractivity contribution is 6.38. The van der Waals surface area contributed by atoms with Gasteiger partial charge in [-0.15, -0.1) is 5.10 Å². The van der Waals surface area contributed by atoms with Crippen molar-refractivity contribution in [3.05, 3.63) is 32.6 Å². The van der Waals surface area contributed by atoms with E-state index in [0.717, 1.165) is 0 Å². The molecular formula is C10H5Cl2N7O. The summed E-state index contributed by atoms with van der Waals surface area (Å²) in [6.07, 6.45) is 0. The number of pyridine rings is 1. The molecule has 3 aromatic rings. The molecule has 0 aliphatic rings. The standard InChI is InChI=1S/C10H5Cl2N7O/c1-20-7-3-6-4(2-5(7)11)9(14-16-13)8(12)10-15-17-18-19(6)10/h2-3H,1H3. The van der Waals surface area contributed by atoms with E-state index < -0.39 is 0 Å². The van der Waals surface area contributed by atoms with E-state index >= 15 is 0 Å². The molecule has 0 atom stereocenters. The SMILES string of the molecule is COc1cc2c(cc1Cl)c(N=[N+]=[N-])c(Cl)c1nnnn12. The monoisotopic (exact) mass is 309 g/mol. The molecule has 100 valence electrons. The molecule has 20 heavy (non-hydrogen) atoms. The van der Waals surface area contributed by atoms with E-state index in [1.807, 2.05) is 0 Å². The van der Waals surface area contributed by atoms with Gasteiger partial charge >= 0.3 is 0 Å². The molecule has 0 unspecified atom stereocenters. The summed E-state index contributed by atoms with van der Waals surface area (Å²) in [5.74, 6) is 0.449. The van der Waals surface area contributed by atoms with Gasteiger partial charge in [0.15, 0.2) is 5.65 Å². The fourth-order valence-electron chi connectivity index (χ4n) is 1.92. The average molecular weight is 310 g/mol. The van der Waals surface area contributed by atoms with Crippen molar-refractivity contribution in [1.29, 1.82) is 0 Å². The van der Waals surface area contributed by atoms with Crippen LogP contribution in [0.1, 0.15) is 0 Å². The van der Waals surface area contributed by atoms with Gasteiger partial charge in [-0.25, -0.2) is 0 Å². The number of hydrogen-bond acceptors (Lipinski definition) is 5. The van der Waals surface area contributed by atoms with Crippen molar-refractivity contribution < 1.29 is 4.74 Å². The molecule has 0 aliphatic heterocycles. The van der Waals surface area contributed by atoms with Gasteiger partial charge in [0.25, 0.3) is 0 Å². The molecule has 1 aromatic carbocycles. The van der Waals surface area contributed by atoms with E-state index in [9.17, 15) is 0 Å². The molecule has 0 aliphatic carbocycles. The number of tetrazole rings is 1. The maximum Gasteiger partial charge on any atom is 0.198 e. The van der Waals surface area contributed by atoms with Gasteiger partial charge in [-0.1, -0.05) is 28.3 Å². The van der Waals surface area contributed by atoms with Crippen LogP contribution in [0.2, 0.25) is 10.0 Å². The van der Waals surface area contributed by atoms with E-state index in [-0.39, 0.29) is 16.4 Å². The molecule has 0 N–H and O–H groups in total. The summed E-state index contributed by atoms with van der Waals surface area (Å²) in [6, 6.07) is 3.24. The molecule has 0 saturated carbocycles. The lowest BCUT2D eigenvalue weighted by Crippen LogP contribution is -1.94. The molecule has 2 heterocycles. The number of halogens is 2. The average Bonchev–Trinajstić information content (AvgIpc) is 2.92. The van der Waals surface area contributed by atoms with Gasteiger partial charge in [-0.05, 0) is 22.0 Å². The molecule has 0 amide bonds.